The van der Waals surface area contributed by atoms with Crippen molar-refractivity contribution in [3.8, 4) is 0 Å². The number of aliphatic hydroxyl groups excluding tert-OH is 2. The number of nitrogens with one attached hydrogen (secondary N) is 1. The lowest BCUT2D eigenvalue weighted by atomic mass is 10.1. The average Bonchev–Trinajstić information content (AvgIpc) is 3.44. The number of allylic oxidation sites excluding steroid dienone is 2. The van der Waals surface area contributed by atoms with Gasteiger partial charge in [0.2, 0.25) is 0 Å². The van der Waals surface area contributed by atoms with Crippen LogP contribution in [-0.4, -0.2) is 82.4 Å². The van der Waals surface area contributed by atoms with Gasteiger partial charge in [0.15, 0.2) is 17.4 Å². The smallest absolute Gasteiger partial charge is 0.460 e. The van der Waals surface area contributed by atoms with E-state index in [2.05, 4.69) is 21.4 Å². The van der Waals surface area contributed by atoms with Crippen LogP contribution in [0, 0.1) is 0 Å². The van der Waals surface area contributed by atoms with Crippen molar-refractivity contribution in [3.05, 3.63) is 63.7 Å². The average molecular weight is 586 g/mol. The monoisotopic (exact) mass is 585 g/mol. The van der Waals surface area contributed by atoms with E-state index >= 15 is 0 Å². The van der Waals surface area contributed by atoms with Crippen molar-refractivity contribution in [1.82, 2.24) is 24.0 Å². The lowest BCUT2D eigenvalue weighted by Gasteiger charge is -2.14. The molecule has 3 heterocycles. The molecule has 0 spiro atoms. The number of carbonyl (C=O) groups excluding carboxylic acids is 1. The Morgan fingerprint density at radius 2 is 2.00 bits per heavy atom. The Labute approximate surface area is 227 Å². The summed E-state index contributed by atoms with van der Waals surface area (Å²) in [7, 11) is -3.28. The molecule has 1 saturated heterocycles. The third kappa shape index (κ3) is 7.22. The molecule has 0 bridgehead atoms. The zero-order chi connectivity index (χ0) is 29.6. The van der Waals surface area contributed by atoms with E-state index in [-0.39, 0.29) is 29.9 Å². The van der Waals surface area contributed by atoms with E-state index in [1.54, 1.807) is 4.57 Å². The van der Waals surface area contributed by atoms with Gasteiger partial charge in [-0.25, -0.2) is 19.1 Å². The number of hydrogen-bond donors (Lipinski definition) is 5. The first-order chi connectivity index (χ1) is 18.9. The maximum atomic E-state index is 13.0. The molecule has 4 atom stereocenters. The Bertz CT molecular complexity index is 1450. The van der Waals surface area contributed by atoms with E-state index < -0.39 is 56.2 Å². The Morgan fingerprint density at radius 1 is 1.27 bits per heavy atom. The van der Waals surface area contributed by atoms with Crippen LogP contribution < -0.4 is 16.6 Å². The van der Waals surface area contributed by atoms with Crippen LogP contribution in [0.4, 0.5) is 0 Å². The minimum absolute atomic E-state index is 0.0376. The first kappa shape index (κ1) is 31.2. The predicted octanol–water partition coefficient (Wildman–Crippen LogP) is -1.38. The summed E-state index contributed by atoms with van der Waals surface area (Å²) in [5.74, 6) is -0.774. The summed E-state index contributed by atoms with van der Waals surface area (Å²) in [6.45, 7) is 4.95. The first-order valence-corrected chi connectivity index (χ1v) is 13.7. The van der Waals surface area contributed by atoms with Gasteiger partial charge in [-0.3, -0.25) is 18.5 Å². The quantitative estimate of drug-likeness (QED) is 0.0794. The number of phosphoric ester groups is 1. The number of carbonyl (C=O) groups is 1. The van der Waals surface area contributed by atoms with E-state index in [4.69, 9.17) is 19.3 Å². The number of phosphoric acid groups is 1. The number of esters is 1. The third-order valence-electron chi connectivity index (χ3n) is 5.97. The van der Waals surface area contributed by atoms with Crippen LogP contribution in [-0.2, 0) is 43.5 Å². The second-order valence-electron chi connectivity index (χ2n) is 8.76. The highest BCUT2D eigenvalue weighted by Crippen LogP contribution is 2.37. The maximum absolute atomic E-state index is 13.0. The zero-order valence-corrected chi connectivity index (χ0v) is 22.7. The molecule has 1 aliphatic rings. The second kappa shape index (κ2) is 13.3. The topological polar surface area (TPSA) is 217 Å². The molecule has 0 radical (unpaired) electrons. The minimum Gasteiger partial charge on any atom is -0.460 e. The molecule has 17 heteroatoms. The van der Waals surface area contributed by atoms with Crippen molar-refractivity contribution in [1.29, 1.82) is 0 Å². The Balaban J connectivity index is 1.58. The van der Waals surface area contributed by atoms with Gasteiger partial charge in [-0.15, -0.1) is 0 Å². The number of aromatic nitrogens is 4. The van der Waals surface area contributed by atoms with E-state index in [1.165, 1.54) is 42.4 Å². The second-order valence-corrected chi connectivity index (χ2v) is 10.00. The standard InChI is InChI=1S/C23H32N5O11P/c1-4-9-27-13-25-19-16(27)21(31)28(23(33)26(19)3)10-11-37-22(32)14(5-2)7-6-8-24-20-18(30)17(29)15(39-20)12-38-40(34,35)36/h5-8,13,15,17-18,20,24,29-30H,2,4,9-12H2,1,3H3,(H2,34,35,36)/b8-6-,14-7+/t15?,17-,18-,20?/m1/s1. The van der Waals surface area contributed by atoms with E-state index in [0.717, 1.165) is 11.0 Å². The normalized spacial score (nSPS) is 21.8. The van der Waals surface area contributed by atoms with Gasteiger partial charge < -0.3 is 39.4 Å². The molecule has 5 N–H and O–H groups in total. The number of aryl methyl sites for hydroxylation is 2. The number of rotatable bonds is 13. The highest BCUT2D eigenvalue weighted by molar-refractivity contribution is 7.46. The molecule has 16 nitrogen and oxygen atoms in total. The number of imidazole rings is 1. The molecular weight excluding hydrogens is 553 g/mol. The van der Waals surface area contributed by atoms with Gasteiger partial charge in [-0.1, -0.05) is 19.6 Å². The van der Waals surface area contributed by atoms with E-state index in [0.29, 0.717) is 6.54 Å². The third-order valence-corrected chi connectivity index (χ3v) is 6.46. The fourth-order valence-corrected chi connectivity index (χ4v) is 4.30. The van der Waals surface area contributed by atoms with Crippen LogP contribution in [0.2, 0.25) is 0 Å². The molecule has 0 amide bonds. The highest BCUT2D eigenvalue weighted by Gasteiger charge is 2.43. The van der Waals surface area contributed by atoms with Gasteiger partial charge in [-0.2, -0.15) is 0 Å². The summed E-state index contributed by atoms with van der Waals surface area (Å²) in [5.41, 5.74) is -0.546. The van der Waals surface area contributed by atoms with Crippen LogP contribution in [0.25, 0.3) is 11.2 Å². The molecule has 3 rings (SSSR count). The molecule has 40 heavy (non-hydrogen) atoms. The number of hydrogen-bond acceptors (Lipinski definition) is 11. The van der Waals surface area contributed by atoms with Crippen molar-refractivity contribution >= 4 is 25.0 Å². The van der Waals surface area contributed by atoms with E-state index in [9.17, 15) is 29.2 Å². The summed E-state index contributed by atoms with van der Waals surface area (Å²) < 4.78 is 29.6. The van der Waals surface area contributed by atoms with Gasteiger partial charge in [-0.05, 0) is 24.8 Å². The van der Waals surface area contributed by atoms with Crippen LogP contribution in [0.1, 0.15) is 13.3 Å². The summed E-state index contributed by atoms with van der Waals surface area (Å²) in [6, 6.07) is 0. The molecule has 0 aromatic carbocycles. The minimum atomic E-state index is -4.78. The fourth-order valence-electron chi connectivity index (χ4n) is 3.96. The molecular formula is C23H32N5O11P. The summed E-state index contributed by atoms with van der Waals surface area (Å²) >= 11 is 0. The van der Waals surface area contributed by atoms with Crippen molar-refractivity contribution in [3.63, 3.8) is 0 Å². The fraction of sp³-hybridized carbons (Fsp3) is 0.478. The molecule has 2 aromatic heterocycles. The largest absolute Gasteiger partial charge is 0.469 e. The van der Waals surface area contributed by atoms with Gasteiger partial charge in [0.05, 0.1) is 25.1 Å². The van der Waals surface area contributed by atoms with Gasteiger partial charge in [0.1, 0.15) is 24.9 Å². The summed E-state index contributed by atoms with van der Waals surface area (Å²) in [6.07, 6.45) is 2.26. The van der Waals surface area contributed by atoms with Gasteiger partial charge >= 0.3 is 19.5 Å². The Kier molecular flexibility index (Phi) is 10.4. The van der Waals surface area contributed by atoms with Crippen molar-refractivity contribution in [2.24, 2.45) is 7.05 Å². The van der Waals surface area contributed by atoms with Crippen LogP contribution in [0.15, 0.2) is 52.5 Å². The molecule has 0 saturated carbocycles. The molecule has 2 unspecified atom stereocenters. The molecule has 1 aliphatic heterocycles. The lowest BCUT2D eigenvalue weighted by Crippen LogP contribution is -2.40. The Morgan fingerprint density at radius 3 is 2.65 bits per heavy atom. The van der Waals surface area contributed by atoms with Crippen LogP contribution in [0.5, 0.6) is 0 Å². The molecule has 1 fully saturated rings. The maximum Gasteiger partial charge on any atom is 0.469 e. The van der Waals surface area contributed by atoms with Crippen LogP contribution >= 0.6 is 7.82 Å². The SMILES string of the molecule is C=C/C(=C\C=C/NC1OC(COP(=O)(O)O)[C@@H](O)[C@H]1O)C(=O)OCCn1c(=O)c2c(ncn2CCC)n(C)c1=O. The summed E-state index contributed by atoms with van der Waals surface area (Å²) in [4.78, 5) is 59.8. The van der Waals surface area contributed by atoms with Crippen molar-refractivity contribution in [2.45, 2.75) is 51.0 Å². The number of aliphatic hydroxyl groups is 2. The van der Waals surface area contributed by atoms with Gasteiger partial charge in [0, 0.05) is 13.6 Å². The van der Waals surface area contributed by atoms with Crippen molar-refractivity contribution < 1.29 is 43.4 Å². The molecule has 0 aliphatic carbocycles. The lowest BCUT2D eigenvalue weighted by molar-refractivity contribution is -0.138. The number of fused-ring (bicyclic) bond motifs is 1. The number of nitrogens with zero attached hydrogens (tertiary/aromatic N) is 4. The van der Waals surface area contributed by atoms with Gasteiger partial charge in [0.25, 0.3) is 5.56 Å². The van der Waals surface area contributed by atoms with Crippen LogP contribution in [0.3, 0.4) is 0 Å². The zero-order valence-electron chi connectivity index (χ0n) is 21.8. The summed E-state index contributed by atoms with van der Waals surface area (Å²) in [5, 5.41) is 22.7. The van der Waals surface area contributed by atoms with Crippen molar-refractivity contribution in [2.75, 3.05) is 13.2 Å². The highest BCUT2D eigenvalue weighted by atomic mass is 31.2. The van der Waals surface area contributed by atoms with E-state index in [1.807, 2.05) is 6.92 Å². The first-order valence-electron chi connectivity index (χ1n) is 12.2. The number of ether oxygens (including phenoxy) is 2. The molecule has 2 aromatic rings. The molecule has 220 valence electrons. The predicted molar refractivity (Wildman–Crippen MR) is 140 cm³/mol. The Hall–Kier alpha value is -3.37.